The van der Waals surface area contributed by atoms with Crippen molar-refractivity contribution < 1.29 is 4.79 Å². The lowest BCUT2D eigenvalue weighted by Crippen LogP contribution is -2.52. The monoisotopic (exact) mass is 336 g/mol. The van der Waals surface area contributed by atoms with Gasteiger partial charge in [-0.25, -0.2) is 9.78 Å². The van der Waals surface area contributed by atoms with Gasteiger partial charge in [-0.3, -0.25) is 0 Å². The average Bonchev–Trinajstić information content (AvgIpc) is 3.18. The maximum absolute atomic E-state index is 12.4. The molecule has 0 spiro atoms. The number of hydrogen-bond acceptors (Lipinski definition) is 5. The highest BCUT2D eigenvalue weighted by Crippen LogP contribution is 2.23. The van der Waals surface area contributed by atoms with Gasteiger partial charge in [-0.05, 0) is 31.4 Å². The highest BCUT2D eigenvalue weighted by molar-refractivity contribution is 7.14. The Morgan fingerprint density at radius 2 is 2.09 bits per heavy atom. The number of rotatable bonds is 3. The largest absolute Gasteiger partial charge is 0.360 e. The van der Waals surface area contributed by atoms with Crippen LogP contribution in [0.5, 0.6) is 0 Å². The number of amides is 2. The molecule has 118 valence electrons. The zero-order chi connectivity index (χ0) is 15.5. The number of nitrogens with one attached hydrogen (secondary N) is 1. The maximum atomic E-state index is 12.4. The fraction of sp³-hybridized carbons (Fsp3) is 0.467. The first-order valence-corrected chi connectivity index (χ1v) is 9.15. The summed E-state index contributed by atoms with van der Waals surface area (Å²) in [6.45, 7) is 7.24. The maximum Gasteiger partial charge on any atom is 0.318 e. The lowest BCUT2D eigenvalue weighted by Gasteiger charge is -2.35. The molecule has 1 saturated heterocycles. The van der Waals surface area contributed by atoms with Crippen molar-refractivity contribution in [1.29, 1.82) is 0 Å². The molecule has 0 aromatic carbocycles. The highest BCUT2D eigenvalue weighted by atomic mass is 32.1. The molecule has 0 radical (unpaired) electrons. The van der Waals surface area contributed by atoms with Crippen molar-refractivity contribution in [2.75, 3.05) is 31.1 Å². The molecule has 5 nitrogen and oxygen atoms in total. The molecule has 2 aromatic heterocycles. The van der Waals surface area contributed by atoms with Crippen molar-refractivity contribution in [2.24, 2.45) is 0 Å². The first-order valence-electron chi connectivity index (χ1n) is 7.39. The van der Waals surface area contributed by atoms with Crippen LogP contribution < -0.4 is 10.2 Å². The molecule has 1 atom stereocenters. The Morgan fingerprint density at radius 3 is 2.68 bits per heavy atom. The van der Waals surface area contributed by atoms with Crippen molar-refractivity contribution in [3.05, 3.63) is 33.6 Å². The summed E-state index contributed by atoms with van der Waals surface area (Å²) in [5.74, 6) is 0. The number of anilines is 1. The molecule has 1 unspecified atom stereocenters. The van der Waals surface area contributed by atoms with Gasteiger partial charge in [0.1, 0.15) is 5.01 Å². The van der Waals surface area contributed by atoms with Gasteiger partial charge in [0.25, 0.3) is 0 Å². The van der Waals surface area contributed by atoms with Gasteiger partial charge in [0.2, 0.25) is 0 Å². The van der Waals surface area contributed by atoms with Crippen molar-refractivity contribution >= 4 is 33.7 Å². The Morgan fingerprint density at radius 1 is 1.32 bits per heavy atom. The van der Waals surface area contributed by atoms with Gasteiger partial charge in [-0.2, -0.15) is 0 Å². The van der Waals surface area contributed by atoms with Crippen LogP contribution in [0.2, 0.25) is 0 Å². The molecule has 3 heterocycles. The molecule has 0 bridgehead atoms. The average molecular weight is 336 g/mol. The van der Waals surface area contributed by atoms with Crippen molar-refractivity contribution in [3.8, 4) is 0 Å². The zero-order valence-corrected chi connectivity index (χ0v) is 14.4. The predicted octanol–water partition coefficient (Wildman–Crippen LogP) is 3.11. The third-order valence-corrected chi connectivity index (χ3v) is 5.81. The van der Waals surface area contributed by atoms with E-state index in [1.807, 2.05) is 24.1 Å². The molecule has 1 fully saturated rings. The lowest BCUT2D eigenvalue weighted by atomic mass is 10.3. The van der Waals surface area contributed by atoms with Gasteiger partial charge in [-0.1, -0.05) is 0 Å². The number of thiazole rings is 1. The number of carbonyl (C=O) groups is 1. The first kappa shape index (κ1) is 15.3. The molecule has 1 aliphatic rings. The lowest BCUT2D eigenvalue weighted by molar-refractivity contribution is 0.191. The Bertz CT molecular complexity index is 617. The number of carbonyl (C=O) groups excluding carboxylic acids is 1. The van der Waals surface area contributed by atoms with Gasteiger partial charge in [0, 0.05) is 37.3 Å². The molecule has 3 rings (SSSR count). The molecule has 1 aliphatic heterocycles. The smallest absolute Gasteiger partial charge is 0.318 e. The number of piperazine rings is 1. The van der Waals surface area contributed by atoms with Crippen LogP contribution in [0.3, 0.4) is 0 Å². The minimum atomic E-state index is -0.0403. The van der Waals surface area contributed by atoms with E-state index in [-0.39, 0.29) is 12.1 Å². The number of aryl methyl sites for hydroxylation is 1. The fourth-order valence-electron chi connectivity index (χ4n) is 2.49. The zero-order valence-electron chi connectivity index (χ0n) is 12.8. The Labute approximate surface area is 138 Å². The Balaban J connectivity index is 1.51. The van der Waals surface area contributed by atoms with Crippen LogP contribution in [-0.2, 0) is 0 Å². The summed E-state index contributed by atoms with van der Waals surface area (Å²) in [6.07, 6.45) is 0. The summed E-state index contributed by atoms with van der Waals surface area (Å²) >= 11 is 3.34. The third kappa shape index (κ3) is 3.41. The van der Waals surface area contributed by atoms with E-state index in [1.54, 1.807) is 22.7 Å². The fourth-order valence-corrected chi connectivity index (χ4v) is 4.08. The third-order valence-electron chi connectivity index (χ3n) is 3.73. The van der Waals surface area contributed by atoms with E-state index in [4.69, 9.17) is 0 Å². The molecular weight excluding hydrogens is 316 g/mol. The van der Waals surface area contributed by atoms with Gasteiger partial charge < -0.3 is 15.1 Å². The summed E-state index contributed by atoms with van der Waals surface area (Å²) < 4.78 is 0. The molecule has 0 aliphatic carbocycles. The van der Waals surface area contributed by atoms with Gasteiger partial charge in [0.15, 0.2) is 0 Å². The second kappa shape index (κ2) is 6.66. The number of nitrogens with zero attached hydrogens (tertiary/aromatic N) is 3. The Kier molecular flexibility index (Phi) is 4.63. The van der Waals surface area contributed by atoms with Gasteiger partial charge in [-0.15, -0.1) is 22.7 Å². The van der Waals surface area contributed by atoms with E-state index in [2.05, 4.69) is 32.7 Å². The van der Waals surface area contributed by atoms with Crippen LogP contribution in [0.25, 0.3) is 0 Å². The molecule has 2 aromatic rings. The standard InChI is InChI=1S/C15H20N4OS2/c1-11-10-22-14(16-11)12(2)17-15(20)19-7-5-18(6-8-19)13-4-3-9-21-13/h3-4,9-10,12H,5-8H2,1-2H3,(H,17,20). The number of aromatic nitrogens is 1. The van der Waals surface area contributed by atoms with Crippen LogP contribution in [0, 0.1) is 6.92 Å². The van der Waals surface area contributed by atoms with E-state index in [0.717, 1.165) is 36.9 Å². The summed E-state index contributed by atoms with van der Waals surface area (Å²) in [7, 11) is 0. The Hall–Kier alpha value is -1.60. The molecule has 0 saturated carbocycles. The molecule has 1 N–H and O–H groups in total. The van der Waals surface area contributed by atoms with Crippen molar-refractivity contribution in [3.63, 3.8) is 0 Å². The quantitative estimate of drug-likeness (QED) is 0.937. The summed E-state index contributed by atoms with van der Waals surface area (Å²) in [5.41, 5.74) is 1.01. The van der Waals surface area contributed by atoms with Crippen LogP contribution >= 0.6 is 22.7 Å². The van der Waals surface area contributed by atoms with Crippen molar-refractivity contribution in [1.82, 2.24) is 15.2 Å². The number of hydrogen-bond donors (Lipinski definition) is 1. The van der Waals surface area contributed by atoms with Crippen molar-refractivity contribution in [2.45, 2.75) is 19.9 Å². The summed E-state index contributed by atoms with van der Waals surface area (Å²) in [5, 5.41) is 9.39. The molecule has 7 heteroatoms. The summed E-state index contributed by atoms with van der Waals surface area (Å²) in [6, 6.07) is 4.16. The molecular formula is C15H20N4OS2. The minimum Gasteiger partial charge on any atom is -0.360 e. The first-order chi connectivity index (χ1) is 10.6. The van der Waals surface area contributed by atoms with E-state index in [1.165, 1.54) is 5.00 Å². The summed E-state index contributed by atoms with van der Waals surface area (Å²) in [4.78, 5) is 21.0. The van der Waals surface area contributed by atoms with E-state index in [0.29, 0.717) is 0 Å². The van der Waals surface area contributed by atoms with Crippen LogP contribution in [0.15, 0.2) is 22.9 Å². The highest BCUT2D eigenvalue weighted by Gasteiger charge is 2.23. The second-order valence-electron chi connectivity index (χ2n) is 5.42. The van der Waals surface area contributed by atoms with E-state index >= 15 is 0 Å². The van der Waals surface area contributed by atoms with Crippen LogP contribution in [-0.4, -0.2) is 42.1 Å². The minimum absolute atomic E-state index is 0.00572. The van der Waals surface area contributed by atoms with E-state index in [9.17, 15) is 4.79 Å². The second-order valence-corrected chi connectivity index (χ2v) is 7.24. The number of urea groups is 1. The SMILES string of the molecule is Cc1csc(C(C)NC(=O)N2CCN(c3cccs3)CC2)n1. The number of thiophene rings is 1. The molecule has 22 heavy (non-hydrogen) atoms. The van der Waals surface area contributed by atoms with E-state index < -0.39 is 0 Å². The topological polar surface area (TPSA) is 48.5 Å². The van der Waals surface area contributed by atoms with Gasteiger partial charge >= 0.3 is 6.03 Å². The molecule has 2 amide bonds. The van der Waals surface area contributed by atoms with Crippen LogP contribution in [0.1, 0.15) is 23.7 Å². The van der Waals surface area contributed by atoms with Gasteiger partial charge in [0.05, 0.1) is 11.0 Å². The predicted molar refractivity (Wildman–Crippen MR) is 91.9 cm³/mol. The normalized spacial score (nSPS) is 16.6. The van der Waals surface area contributed by atoms with Crippen LogP contribution in [0.4, 0.5) is 9.80 Å².